The second kappa shape index (κ2) is 10.3. The third kappa shape index (κ3) is 6.70. The first-order valence-electron chi connectivity index (χ1n) is 8.59. The van der Waals surface area contributed by atoms with Crippen LogP contribution in [0.15, 0.2) is 65.6 Å². The molecule has 0 aliphatic carbocycles. The molecule has 0 aliphatic rings. The number of ether oxygens (including phenoxy) is 1. The van der Waals surface area contributed by atoms with Crippen LogP contribution in [0.1, 0.15) is 5.56 Å². The summed E-state index contributed by atoms with van der Waals surface area (Å²) in [7, 11) is -2.66. The molecule has 0 heterocycles. The van der Waals surface area contributed by atoms with Gasteiger partial charge in [-0.2, -0.15) is 4.31 Å². The summed E-state index contributed by atoms with van der Waals surface area (Å²) in [6.45, 7) is -1.37. The van der Waals surface area contributed by atoms with Crippen molar-refractivity contribution < 1.29 is 27.5 Å². The third-order valence-corrected chi connectivity index (χ3v) is 5.54. The fourth-order valence-electron chi connectivity index (χ4n) is 2.32. The molecule has 3 amide bonds. The molecule has 0 aromatic heterocycles. The van der Waals surface area contributed by atoms with E-state index in [9.17, 15) is 22.8 Å². The van der Waals surface area contributed by atoms with Crippen molar-refractivity contribution in [3.05, 3.63) is 66.2 Å². The van der Waals surface area contributed by atoms with Gasteiger partial charge in [0.1, 0.15) is 6.54 Å². The summed E-state index contributed by atoms with van der Waals surface area (Å²) in [5, 5.41) is 4.12. The normalized spacial score (nSPS) is 11.0. The van der Waals surface area contributed by atoms with E-state index in [0.29, 0.717) is 5.56 Å². The highest BCUT2D eigenvalue weighted by Crippen LogP contribution is 2.18. The van der Waals surface area contributed by atoms with Crippen molar-refractivity contribution in [2.75, 3.05) is 20.2 Å². The van der Waals surface area contributed by atoms with Crippen molar-refractivity contribution in [2.24, 2.45) is 0 Å². The smallest absolute Gasteiger partial charge is 0.321 e. The number of carbonyl (C=O) groups is 3. The van der Waals surface area contributed by atoms with Crippen molar-refractivity contribution >= 4 is 27.9 Å². The van der Waals surface area contributed by atoms with E-state index in [1.54, 1.807) is 48.5 Å². The van der Waals surface area contributed by atoms with Crippen molar-refractivity contribution in [3.63, 3.8) is 0 Å². The summed E-state index contributed by atoms with van der Waals surface area (Å²) in [6, 6.07) is 15.7. The Balaban J connectivity index is 2.12. The Morgan fingerprint density at radius 1 is 0.966 bits per heavy atom. The van der Waals surface area contributed by atoms with Gasteiger partial charge in [0, 0.05) is 13.6 Å². The van der Waals surface area contributed by atoms with Crippen LogP contribution in [-0.2, 0) is 30.9 Å². The Kier molecular flexibility index (Phi) is 7.87. The first-order valence-corrected chi connectivity index (χ1v) is 10.0. The largest absolute Gasteiger partial charge is 0.455 e. The molecule has 154 valence electrons. The minimum atomic E-state index is -3.99. The van der Waals surface area contributed by atoms with E-state index in [4.69, 9.17) is 4.74 Å². The Morgan fingerprint density at radius 3 is 2.14 bits per heavy atom. The Bertz CT molecular complexity index is 948. The molecule has 0 spiro atoms. The fourth-order valence-corrected chi connectivity index (χ4v) is 3.71. The number of benzene rings is 2. The zero-order valence-corrected chi connectivity index (χ0v) is 16.5. The highest BCUT2D eigenvalue weighted by molar-refractivity contribution is 7.89. The van der Waals surface area contributed by atoms with Gasteiger partial charge < -0.3 is 10.1 Å². The molecule has 0 bridgehead atoms. The lowest BCUT2D eigenvalue weighted by Crippen LogP contribution is -2.41. The van der Waals surface area contributed by atoms with E-state index < -0.39 is 41.1 Å². The van der Waals surface area contributed by atoms with E-state index in [1.165, 1.54) is 19.2 Å². The lowest BCUT2D eigenvalue weighted by molar-refractivity contribution is -0.148. The minimum Gasteiger partial charge on any atom is -0.455 e. The van der Waals surface area contributed by atoms with Crippen LogP contribution < -0.4 is 10.6 Å². The van der Waals surface area contributed by atoms with Gasteiger partial charge in [-0.3, -0.25) is 14.9 Å². The maximum Gasteiger partial charge on any atom is 0.321 e. The van der Waals surface area contributed by atoms with Gasteiger partial charge in [-0.25, -0.2) is 13.2 Å². The van der Waals surface area contributed by atoms with Crippen LogP contribution in [0.3, 0.4) is 0 Å². The Morgan fingerprint density at radius 2 is 1.55 bits per heavy atom. The van der Waals surface area contributed by atoms with Gasteiger partial charge in [0.05, 0.1) is 4.90 Å². The SMILES string of the molecule is CNC(=O)NC(=O)COC(=O)CN(Cc1ccccc1)S(=O)(=O)c1ccccc1. The van der Waals surface area contributed by atoms with Gasteiger partial charge in [0.25, 0.3) is 5.91 Å². The highest BCUT2D eigenvalue weighted by atomic mass is 32.2. The molecule has 2 rings (SSSR count). The van der Waals surface area contributed by atoms with Crippen molar-refractivity contribution in [2.45, 2.75) is 11.4 Å². The maximum atomic E-state index is 13.0. The monoisotopic (exact) mass is 419 g/mol. The van der Waals surface area contributed by atoms with Crippen molar-refractivity contribution in [1.29, 1.82) is 0 Å². The fraction of sp³-hybridized carbons (Fsp3) is 0.211. The van der Waals surface area contributed by atoms with Crippen LogP contribution in [0.25, 0.3) is 0 Å². The molecular formula is C19H21N3O6S. The van der Waals surface area contributed by atoms with Gasteiger partial charge in [-0.15, -0.1) is 0 Å². The number of nitrogens with one attached hydrogen (secondary N) is 2. The Labute approximate surface area is 168 Å². The number of nitrogens with zero attached hydrogens (tertiary/aromatic N) is 1. The average Bonchev–Trinajstić information content (AvgIpc) is 2.73. The summed E-state index contributed by atoms with van der Waals surface area (Å²) in [4.78, 5) is 34.8. The quantitative estimate of drug-likeness (QED) is 0.613. The van der Waals surface area contributed by atoms with Gasteiger partial charge in [0.2, 0.25) is 10.0 Å². The maximum absolute atomic E-state index is 13.0. The topological polar surface area (TPSA) is 122 Å². The highest BCUT2D eigenvalue weighted by Gasteiger charge is 2.27. The first-order chi connectivity index (χ1) is 13.8. The van der Waals surface area contributed by atoms with Crippen LogP contribution in [0.4, 0.5) is 4.79 Å². The number of rotatable bonds is 8. The van der Waals surface area contributed by atoms with Gasteiger partial charge in [-0.05, 0) is 17.7 Å². The van der Waals surface area contributed by atoms with Crippen LogP contribution >= 0.6 is 0 Å². The molecule has 0 atom stereocenters. The van der Waals surface area contributed by atoms with Crippen LogP contribution in [0.5, 0.6) is 0 Å². The Hall–Kier alpha value is -3.24. The van der Waals surface area contributed by atoms with Crippen LogP contribution in [0.2, 0.25) is 0 Å². The lowest BCUT2D eigenvalue weighted by atomic mass is 10.2. The minimum absolute atomic E-state index is 0.0288. The number of hydrogen-bond donors (Lipinski definition) is 2. The molecule has 0 fully saturated rings. The molecule has 2 aromatic carbocycles. The summed E-state index contributed by atoms with van der Waals surface area (Å²) < 4.78 is 31.7. The van der Waals surface area contributed by atoms with E-state index in [1.807, 2.05) is 5.32 Å². The van der Waals surface area contributed by atoms with E-state index in [0.717, 1.165) is 4.31 Å². The number of esters is 1. The van der Waals surface area contributed by atoms with Gasteiger partial charge >= 0.3 is 12.0 Å². The summed E-state index contributed by atoms with van der Waals surface area (Å²) >= 11 is 0. The standard InChI is InChI=1S/C19H21N3O6S/c1-20-19(25)21-17(23)14-28-18(24)13-22(12-15-8-4-2-5-9-15)29(26,27)16-10-6-3-7-11-16/h2-11H,12-14H2,1H3,(H2,20,21,23,25). The molecule has 0 radical (unpaired) electrons. The zero-order valence-electron chi connectivity index (χ0n) is 15.7. The van der Waals surface area contributed by atoms with Gasteiger partial charge in [0.15, 0.2) is 6.61 Å². The zero-order chi connectivity index (χ0) is 21.3. The van der Waals surface area contributed by atoms with Crippen LogP contribution in [0, 0.1) is 0 Å². The number of amides is 3. The molecule has 0 saturated heterocycles. The predicted octanol–water partition coefficient (Wildman–Crippen LogP) is 0.876. The second-order valence-electron chi connectivity index (χ2n) is 5.86. The number of urea groups is 1. The van der Waals surface area contributed by atoms with Crippen LogP contribution in [-0.4, -0.2) is 50.8 Å². The molecule has 0 aliphatic heterocycles. The summed E-state index contributed by atoms with van der Waals surface area (Å²) in [5.74, 6) is -1.76. The number of carbonyl (C=O) groups excluding carboxylic acids is 3. The second-order valence-corrected chi connectivity index (χ2v) is 7.80. The molecule has 29 heavy (non-hydrogen) atoms. The lowest BCUT2D eigenvalue weighted by Gasteiger charge is -2.21. The molecule has 0 unspecified atom stereocenters. The van der Waals surface area contributed by atoms with E-state index in [2.05, 4.69) is 5.32 Å². The predicted molar refractivity (Wildman–Crippen MR) is 104 cm³/mol. The molecule has 0 saturated carbocycles. The average molecular weight is 419 g/mol. The van der Waals surface area contributed by atoms with Crippen molar-refractivity contribution in [1.82, 2.24) is 14.9 Å². The van der Waals surface area contributed by atoms with Gasteiger partial charge in [-0.1, -0.05) is 48.5 Å². The number of hydrogen-bond acceptors (Lipinski definition) is 6. The number of sulfonamides is 1. The third-order valence-electron chi connectivity index (χ3n) is 3.73. The molecular weight excluding hydrogens is 398 g/mol. The first kappa shape index (κ1) is 22.1. The van der Waals surface area contributed by atoms with E-state index >= 15 is 0 Å². The molecule has 2 N–H and O–H groups in total. The summed E-state index contributed by atoms with van der Waals surface area (Å²) in [6.07, 6.45) is 0. The molecule has 9 nitrogen and oxygen atoms in total. The molecule has 2 aromatic rings. The van der Waals surface area contributed by atoms with Crippen molar-refractivity contribution in [3.8, 4) is 0 Å². The summed E-state index contributed by atoms with van der Waals surface area (Å²) in [5.41, 5.74) is 0.678. The van der Waals surface area contributed by atoms with E-state index in [-0.39, 0.29) is 11.4 Å². The number of imide groups is 1. The molecule has 10 heteroatoms.